The van der Waals surface area contributed by atoms with Crippen molar-refractivity contribution >= 4 is 17.5 Å². The van der Waals surface area contributed by atoms with Gasteiger partial charge in [0.1, 0.15) is 0 Å². The first-order chi connectivity index (χ1) is 9.99. The number of aliphatic hydroxyl groups is 2. The first kappa shape index (κ1) is 17.1. The van der Waals surface area contributed by atoms with Crippen LogP contribution in [0, 0.1) is 0 Å². The summed E-state index contributed by atoms with van der Waals surface area (Å²) in [6, 6.07) is 7.24. The molecule has 6 nitrogen and oxygen atoms in total. The number of rotatable bonds is 7. The highest BCUT2D eigenvalue weighted by atomic mass is 16.3. The molecule has 21 heavy (non-hydrogen) atoms. The minimum atomic E-state index is -1.82. The van der Waals surface area contributed by atoms with Crippen molar-refractivity contribution in [3.05, 3.63) is 29.8 Å². The third kappa shape index (κ3) is 5.17. The Morgan fingerprint density at radius 1 is 1.10 bits per heavy atom. The molecule has 4 N–H and O–H groups in total. The van der Waals surface area contributed by atoms with E-state index in [2.05, 4.69) is 17.6 Å². The normalized spacial score (nSPS) is 13.3. The fourth-order valence-electron chi connectivity index (χ4n) is 1.79. The Morgan fingerprint density at radius 2 is 1.67 bits per heavy atom. The standard InChI is InChI=1S/C15H22N2O4/c1-3-4-5-10-6-8-11(9-7-10)17-15(21)13(19)12(18)14(20)16-2/h6-9,12-13,18-19H,3-5H2,1-2H3,(H,16,20)(H,17,21)/t12-,13-/m1/s1. The van der Waals surface area contributed by atoms with Crippen molar-refractivity contribution in [1.29, 1.82) is 0 Å². The number of aliphatic hydroxyl groups excluding tert-OH is 2. The molecule has 0 heterocycles. The molecule has 0 fully saturated rings. The molecule has 1 aromatic rings. The zero-order chi connectivity index (χ0) is 15.8. The van der Waals surface area contributed by atoms with E-state index >= 15 is 0 Å². The first-order valence-electron chi connectivity index (χ1n) is 6.97. The van der Waals surface area contributed by atoms with Crippen molar-refractivity contribution in [3.8, 4) is 0 Å². The Hall–Kier alpha value is -1.92. The third-order valence-electron chi connectivity index (χ3n) is 3.12. The van der Waals surface area contributed by atoms with Crippen molar-refractivity contribution < 1.29 is 19.8 Å². The maximum atomic E-state index is 11.7. The average molecular weight is 294 g/mol. The van der Waals surface area contributed by atoms with E-state index in [9.17, 15) is 19.8 Å². The topological polar surface area (TPSA) is 98.7 Å². The molecule has 6 heteroatoms. The molecule has 0 aromatic heterocycles. The lowest BCUT2D eigenvalue weighted by Crippen LogP contribution is -2.46. The predicted molar refractivity (Wildman–Crippen MR) is 79.8 cm³/mol. The zero-order valence-corrected chi connectivity index (χ0v) is 12.3. The van der Waals surface area contributed by atoms with E-state index in [1.165, 1.54) is 12.6 Å². The first-order valence-corrected chi connectivity index (χ1v) is 6.97. The highest BCUT2D eigenvalue weighted by Crippen LogP contribution is 2.12. The number of benzene rings is 1. The van der Waals surface area contributed by atoms with Gasteiger partial charge in [-0.1, -0.05) is 25.5 Å². The summed E-state index contributed by atoms with van der Waals surface area (Å²) >= 11 is 0. The minimum Gasteiger partial charge on any atom is -0.380 e. The number of carbonyl (C=O) groups excluding carboxylic acids is 2. The molecule has 2 atom stereocenters. The van der Waals surface area contributed by atoms with Crippen LogP contribution in [0.15, 0.2) is 24.3 Å². The van der Waals surface area contributed by atoms with Gasteiger partial charge in [-0.15, -0.1) is 0 Å². The Morgan fingerprint density at radius 3 is 2.19 bits per heavy atom. The fraction of sp³-hybridized carbons (Fsp3) is 0.467. The van der Waals surface area contributed by atoms with Crippen LogP contribution in [0.4, 0.5) is 5.69 Å². The molecular formula is C15H22N2O4. The Labute approximate surface area is 124 Å². The second-order valence-corrected chi connectivity index (χ2v) is 4.79. The molecule has 116 valence electrons. The van der Waals surface area contributed by atoms with Gasteiger partial charge in [0.05, 0.1) is 0 Å². The molecule has 0 aliphatic rings. The molecule has 1 rings (SSSR count). The quantitative estimate of drug-likeness (QED) is 0.586. The van der Waals surface area contributed by atoms with E-state index in [1.54, 1.807) is 12.1 Å². The van der Waals surface area contributed by atoms with Crippen LogP contribution < -0.4 is 10.6 Å². The van der Waals surface area contributed by atoms with Crippen LogP contribution >= 0.6 is 0 Å². The molecule has 0 spiro atoms. The van der Waals surface area contributed by atoms with Crippen molar-refractivity contribution in [3.63, 3.8) is 0 Å². The average Bonchev–Trinajstić information content (AvgIpc) is 2.51. The van der Waals surface area contributed by atoms with Crippen LogP contribution in [0.1, 0.15) is 25.3 Å². The summed E-state index contributed by atoms with van der Waals surface area (Å²) in [5.74, 6) is -1.64. The highest BCUT2D eigenvalue weighted by molar-refractivity contribution is 5.98. The van der Waals surface area contributed by atoms with E-state index in [-0.39, 0.29) is 0 Å². The number of anilines is 1. The number of carbonyl (C=O) groups is 2. The number of unbranched alkanes of at least 4 members (excludes halogenated alkanes) is 1. The summed E-state index contributed by atoms with van der Waals surface area (Å²) in [7, 11) is 1.31. The van der Waals surface area contributed by atoms with Crippen LogP contribution in [-0.4, -0.2) is 41.3 Å². The fourth-order valence-corrected chi connectivity index (χ4v) is 1.79. The van der Waals surface area contributed by atoms with Gasteiger partial charge >= 0.3 is 0 Å². The van der Waals surface area contributed by atoms with Gasteiger partial charge in [0.15, 0.2) is 12.2 Å². The largest absolute Gasteiger partial charge is 0.380 e. The van der Waals surface area contributed by atoms with Gasteiger partial charge < -0.3 is 20.8 Å². The van der Waals surface area contributed by atoms with Crippen molar-refractivity contribution in [2.75, 3.05) is 12.4 Å². The van der Waals surface area contributed by atoms with Crippen molar-refractivity contribution in [2.45, 2.75) is 38.4 Å². The maximum absolute atomic E-state index is 11.7. The molecule has 0 bridgehead atoms. The third-order valence-corrected chi connectivity index (χ3v) is 3.12. The maximum Gasteiger partial charge on any atom is 0.256 e. The summed E-state index contributed by atoms with van der Waals surface area (Å²) in [6.45, 7) is 2.12. The summed E-state index contributed by atoms with van der Waals surface area (Å²) < 4.78 is 0. The molecule has 1 aromatic carbocycles. The predicted octanol–water partition coefficient (Wildman–Crippen LogP) is 0.435. The van der Waals surface area contributed by atoms with Crippen molar-refractivity contribution in [1.82, 2.24) is 5.32 Å². The Kier molecular flexibility index (Phi) is 6.84. The smallest absolute Gasteiger partial charge is 0.256 e. The Bertz CT molecular complexity index is 473. The van der Waals surface area contributed by atoms with E-state index in [1.807, 2.05) is 12.1 Å². The minimum absolute atomic E-state index is 0.503. The van der Waals surface area contributed by atoms with E-state index in [0.717, 1.165) is 19.3 Å². The summed E-state index contributed by atoms with van der Waals surface area (Å²) in [5, 5.41) is 23.7. The lowest BCUT2D eigenvalue weighted by molar-refractivity contribution is -0.142. The van der Waals surface area contributed by atoms with Crippen LogP contribution in [0.5, 0.6) is 0 Å². The van der Waals surface area contributed by atoms with Crippen LogP contribution in [0.25, 0.3) is 0 Å². The van der Waals surface area contributed by atoms with E-state index in [0.29, 0.717) is 5.69 Å². The lowest BCUT2D eigenvalue weighted by atomic mass is 10.1. The molecule has 0 radical (unpaired) electrons. The number of amides is 2. The van der Waals surface area contributed by atoms with E-state index in [4.69, 9.17) is 0 Å². The van der Waals surface area contributed by atoms with Gasteiger partial charge in [-0.2, -0.15) is 0 Å². The second-order valence-electron chi connectivity index (χ2n) is 4.79. The lowest BCUT2D eigenvalue weighted by Gasteiger charge is -2.16. The van der Waals surface area contributed by atoms with Crippen LogP contribution in [0.3, 0.4) is 0 Å². The van der Waals surface area contributed by atoms with Gasteiger partial charge in [-0.25, -0.2) is 0 Å². The molecule has 0 unspecified atom stereocenters. The summed E-state index contributed by atoms with van der Waals surface area (Å²) in [6.07, 6.45) is -0.420. The van der Waals surface area contributed by atoms with Crippen LogP contribution in [-0.2, 0) is 16.0 Å². The van der Waals surface area contributed by atoms with Gasteiger partial charge in [-0.05, 0) is 30.5 Å². The highest BCUT2D eigenvalue weighted by Gasteiger charge is 2.29. The molecule has 0 saturated heterocycles. The monoisotopic (exact) mass is 294 g/mol. The van der Waals surface area contributed by atoms with E-state index < -0.39 is 24.0 Å². The van der Waals surface area contributed by atoms with Gasteiger partial charge in [-0.3, -0.25) is 9.59 Å². The number of hydrogen-bond donors (Lipinski definition) is 4. The SMILES string of the molecule is CCCCc1ccc(NC(=O)[C@H](O)[C@@H](O)C(=O)NC)cc1. The summed E-state index contributed by atoms with van der Waals surface area (Å²) in [5.41, 5.74) is 1.67. The number of aryl methyl sites for hydroxylation is 1. The molecule has 0 aliphatic carbocycles. The Balaban J connectivity index is 2.60. The van der Waals surface area contributed by atoms with Gasteiger partial charge in [0, 0.05) is 12.7 Å². The molecule has 0 aliphatic heterocycles. The zero-order valence-electron chi connectivity index (χ0n) is 12.3. The number of hydrogen-bond acceptors (Lipinski definition) is 4. The molecule has 2 amide bonds. The number of likely N-dealkylation sites (N-methyl/N-ethyl adjacent to an activating group) is 1. The van der Waals surface area contributed by atoms with Gasteiger partial charge in [0.2, 0.25) is 0 Å². The summed E-state index contributed by atoms with van der Waals surface area (Å²) in [4.78, 5) is 22.9. The number of nitrogens with one attached hydrogen (secondary N) is 2. The second kappa shape index (κ2) is 8.39. The van der Waals surface area contributed by atoms with Crippen molar-refractivity contribution in [2.24, 2.45) is 0 Å². The van der Waals surface area contributed by atoms with Gasteiger partial charge in [0.25, 0.3) is 11.8 Å². The molecular weight excluding hydrogens is 272 g/mol. The molecule has 0 saturated carbocycles. The van der Waals surface area contributed by atoms with Crippen LogP contribution in [0.2, 0.25) is 0 Å².